The third-order valence-corrected chi connectivity index (χ3v) is 5.75. The largest absolute Gasteiger partial charge is 0.493 e. The van der Waals surface area contributed by atoms with Gasteiger partial charge in [0.2, 0.25) is 5.90 Å². The molecule has 1 aliphatic heterocycles. The predicted octanol–water partition coefficient (Wildman–Crippen LogP) is 4.90. The number of nitrogens with one attached hydrogen (secondary N) is 2. The Balaban J connectivity index is 1.99. The molecule has 0 saturated heterocycles. The van der Waals surface area contributed by atoms with Crippen LogP contribution in [-0.4, -0.2) is 25.1 Å². The van der Waals surface area contributed by atoms with Crippen LogP contribution < -0.4 is 14.2 Å². The van der Waals surface area contributed by atoms with Gasteiger partial charge in [0.15, 0.2) is 11.5 Å². The van der Waals surface area contributed by atoms with Crippen molar-refractivity contribution in [2.75, 3.05) is 14.2 Å². The molecule has 0 bridgehead atoms. The van der Waals surface area contributed by atoms with Gasteiger partial charge in [-0.3, -0.25) is 5.41 Å². The summed E-state index contributed by atoms with van der Waals surface area (Å²) in [6.07, 6.45) is 0. The Hall–Kier alpha value is -2.98. The van der Waals surface area contributed by atoms with Crippen molar-refractivity contribution >= 4 is 32.7 Å². The van der Waals surface area contributed by atoms with Crippen LogP contribution in [0.25, 0.3) is 10.9 Å². The molecule has 28 heavy (non-hydrogen) atoms. The number of nitrogens with zero attached hydrogens (tertiary/aromatic N) is 1. The van der Waals surface area contributed by atoms with Crippen LogP contribution in [0, 0.1) is 29.6 Å². The number of hydrogen-bond acceptors (Lipinski definition) is 5. The molecule has 6 nitrogen and oxygen atoms in total. The molecule has 1 aliphatic rings. The molecule has 0 amide bonds. The Labute approximate surface area is 170 Å². The van der Waals surface area contributed by atoms with E-state index in [1.54, 1.807) is 14.2 Å². The number of rotatable bonds is 3. The van der Waals surface area contributed by atoms with E-state index in [1.807, 2.05) is 37.3 Å². The summed E-state index contributed by atoms with van der Waals surface area (Å²) in [5, 5.41) is 19.1. The fourth-order valence-electron chi connectivity index (χ4n) is 3.79. The minimum atomic E-state index is -0.751. The van der Waals surface area contributed by atoms with Gasteiger partial charge >= 0.3 is 0 Å². The first kappa shape index (κ1) is 18.4. The Bertz CT molecular complexity index is 1150. The second kappa shape index (κ2) is 6.88. The van der Waals surface area contributed by atoms with Gasteiger partial charge in [-0.25, -0.2) is 0 Å². The van der Waals surface area contributed by atoms with E-state index in [2.05, 4.69) is 27.0 Å². The van der Waals surface area contributed by atoms with Gasteiger partial charge in [-0.2, -0.15) is 5.26 Å². The van der Waals surface area contributed by atoms with Crippen LogP contribution in [0.2, 0.25) is 0 Å². The van der Waals surface area contributed by atoms with E-state index in [9.17, 15) is 5.26 Å². The molecule has 1 aromatic heterocycles. The lowest BCUT2D eigenvalue weighted by molar-refractivity contribution is 0.353. The van der Waals surface area contributed by atoms with Gasteiger partial charge in [-0.05, 0) is 36.8 Å². The summed E-state index contributed by atoms with van der Waals surface area (Å²) >= 11 is 3.61. The van der Waals surface area contributed by atoms with Gasteiger partial charge < -0.3 is 19.2 Å². The maximum atomic E-state index is 9.81. The zero-order valence-corrected chi connectivity index (χ0v) is 17.2. The molecule has 2 atom stereocenters. The van der Waals surface area contributed by atoms with Gasteiger partial charge in [0.1, 0.15) is 11.7 Å². The summed E-state index contributed by atoms with van der Waals surface area (Å²) in [7, 11) is 3.15. The smallest absolute Gasteiger partial charge is 0.205 e. The molecule has 0 saturated carbocycles. The molecule has 2 heterocycles. The third-order valence-electron chi connectivity index (χ3n) is 5.06. The average molecular weight is 440 g/mol. The van der Waals surface area contributed by atoms with Crippen LogP contribution in [0.15, 0.2) is 34.8 Å². The monoisotopic (exact) mass is 439 g/mol. The van der Waals surface area contributed by atoms with Crippen molar-refractivity contribution in [1.82, 2.24) is 4.98 Å². The van der Waals surface area contributed by atoms with Gasteiger partial charge in [-0.15, -0.1) is 0 Å². The van der Waals surface area contributed by atoms with Crippen molar-refractivity contribution in [3.63, 3.8) is 0 Å². The number of methoxy groups -OCH3 is 2. The zero-order chi connectivity index (χ0) is 20.0. The minimum absolute atomic E-state index is 0.0620. The maximum absolute atomic E-state index is 9.81. The Morgan fingerprint density at radius 2 is 1.86 bits per heavy atom. The second-order valence-corrected chi connectivity index (χ2v) is 7.53. The zero-order valence-electron chi connectivity index (χ0n) is 15.6. The summed E-state index contributed by atoms with van der Waals surface area (Å²) in [5.74, 6) is 0.578. The van der Waals surface area contributed by atoms with Crippen molar-refractivity contribution in [3.05, 3.63) is 51.6 Å². The first-order valence-electron chi connectivity index (χ1n) is 8.68. The molecular weight excluding hydrogens is 422 g/mol. The molecule has 0 spiro atoms. The van der Waals surface area contributed by atoms with E-state index >= 15 is 0 Å². The van der Waals surface area contributed by atoms with Gasteiger partial charge in [0, 0.05) is 32.6 Å². The number of benzene rings is 2. The Morgan fingerprint density at radius 1 is 1.14 bits per heavy atom. The molecule has 2 aromatic carbocycles. The van der Waals surface area contributed by atoms with E-state index < -0.39 is 5.92 Å². The van der Waals surface area contributed by atoms with Crippen LogP contribution >= 0.6 is 15.9 Å². The van der Waals surface area contributed by atoms with Gasteiger partial charge in [0.05, 0.1) is 20.3 Å². The van der Waals surface area contributed by atoms with Crippen LogP contribution in [0.1, 0.15) is 22.7 Å². The highest BCUT2D eigenvalue weighted by atomic mass is 79.9. The van der Waals surface area contributed by atoms with Crippen molar-refractivity contribution in [3.8, 4) is 23.3 Å². The molecular formula is C21H18BrN3O3. The lowest BCUT2D eigenvalue weighted by atomic mass is 9.78. The van der Waals surface area contributed by atoms with Crippen LogP contribution in [0.3, 0.4) is 0 Å². The van der Waals surface area contributed by atoms with Crippen molar-refractivity contribution in [2.24, 2.45) is 5.92 Å². The van der Waals surface area contributed by atoms with Crippen molar-refractivity contribution in [1.29, 1.82) is 10.7 Å². The number of aromatic nitrogens is 1. The number of fused-ring (bicyclic) bond motifs is 3. The first-order valence-corrected chi connectivity index (χ1v) is 9.47. The van der Waals surface area contributed by atoms with Gasteiger partial charge in [0.25, 0.3) is 0 Å². The SMILES string of the molecule is COc1cc(Br)c(C2c3ccc4[nH]c(C)cc4c3OC(=N)C2C#N)cc1OC. The van der Waals surface area contributed by atoms with E-state index in [-0.39, 0.29) is 11.8 Å². The highest BCUT2D eigenvalue weighted by molar-refractivity contribution is 9.10. The summed E-state index contributed by atoms with van der Waals surface area (Å²) < 4.78 is 17.4. The lowest BCUT2D eigenvalue weighted by Crippen LogP contribution is -2.31. The molecule has 2 unspecified atom stereocenters. The second-order valence-electron chi connectivity index (χ2n) is 6.68. The van der Waals surface area contributed by atoms with E-state index in [0.717, 1.165) is 32.2 Å². The number of aryl methyl sites for hydroxylation is 1. The molecule has 0 radical (unpaired) electrons. The van der Waals surface area contributed by atoms with E-state index in [4.69, 9.17) is 19.6 Å². The molecule has 142 valence electrons. The fourth-order valence-corrected chi connectivity index (χ4v) is 4.35. The fraction of sp³-hybridized carbons (Fsp3) is 0.238. The molecule has 4 rings (SSSR count). The number of ether oxygens (including phenoxy) is 3. The summed E-state index contributed by atoms with van der Waals surface area (Å²) in [6, 6.07) is 11.8. The highest BCUT2D eigenvalue weighted by Crippen LogP contribution is 2.48. The number of nitriles is 1. The number of hydrogen-bond donors (Lipinski definition) is 2. The topological polar surface area (TPSA) is 91.1 Å². The number of aromatic amines is 1. The lowest BCUT2D eigenvalue weighted by Gasteiger charge is -2.31. The molecule has 0 aliphatic carbocycles. The highest BCUT2D eigenvalue weighted by Gasteiger charge is 2.39. The first-order chi connectivity index (χ1) is 13.5. The minimum Gasteiger partial charge on any atom is -0.493 e. The Morgan fingerprint density at radius 3 is 2.54 bits per heavy atom. The van der Waals surface area contributed by atoms with E-state index in [1.165, 1.54) is 0 Å². The van der Waals surface area contributed by atoms with Gasteiger partial charge in [-0.1, -0.05) is 22.0 Å². The predicted molar refractivity (Wildman–Crippen MR) is 110 cm³/mol. The summed E-state index contributed by atoms with van der Waals surface area (Å²) in [5.41, 5.74) is 3.64. The molecule has 7 heteroatoms. The summed E-state index contributed by atoms with van der Waals surface area (Å²) in [4.78, 5) is 3.29. The van der Waals surface area contributed by atoms with Crippen LogP contribution in [0.5, 0.6) is 17.2 Å². The molecule has 2 N–H and O–H groups in total. The molecule has 0 fully saturated rings. The quantitative estimate of drug-likeness (QED) is 0.606. The van der Waals surface area contributed by atoms with Crippen LogP contribution in [0.4, 0.5) is 0 Å². The van der Waals surface area contributed by atoms with Crippen molar-refractivity contribution < 1.29 is 14.2 Å². The normalized spacial score (nSPS) is 18.3. The third kappa shape index (κ3) is 2.72. The summed E-state index contributed by atoms with van der Waals surface area (Å²) in [6.45, 7) is 1.97. The average Bonchev–Trinajstić information content (AvgIpc) is 3.07. The Kier molecular flexibility index (Phi) is 4.52. The standard InChI is InChI=1S/C21H18BrN3O3/c1-10-6-13-16(25-10)5-4-11-19(14(9-23)21(24)28-20(11)13)12-7-17(26-2)18(27-3)8-15(12)22/h4-8,14,19,24-25H,1-3H3. The van der Waals surface area contributed by atoms with Crippen molar-refractivity contribution in [2.45, 2.75) is 12.8 Å². The maximum Gasteiger partial charge on any atom is 0.205 e. The number of H-pyrrole nitrogens is 1. The van der Waals surface area contributed by atoms with Crippen LogP contribution in [-0.2, 0) is 0 Å². The number of halogens is 1. The van der Waals surface area contributed by atoms with E-state index in [0.29, 0.717) is 17.2 Å². The molecule has 3 aromatic rings.